The Morgan fingerprint density at radius 1 is 1.29 bits per heavy atom. The predicted molar refractivity (Wildman–Crippen MR) is 95.5 cm³/mol. The largest absolute Gasteiger partial charge is 0.366 e. The summed E-state index contributed by atoms with van der Waals surface area (Å²) in [5.74, 6) is -0.637. The summed E-state index contributed by atoms with van der Waals surface area (Å²) in [4.78, 5) is 23.3. The van der Waals surface area contributed by atoms with Crippen molar-refractivity contribution in [3.05, 3.63) is 29.8 Å². The van der Waals surface area contributed by atoms with Crippen molar-refractivity contribution in [3.63, 3.8) is 0 Å². The van der Waals surface area contributed by atoms with Gasteiger partial charge in [0.05, 0.1) is 5.25 Å². The Labute approximate surface area is 147 Å². The lowest BCUT2D eigenvalue weighted by molar-refractivity contribution is -0.115. The van der Waals surface area contributed by atoms with Crippen LogP contribution in [0.1, 0.15) is 30.1 Å². The maximum absolute atomic E-state index is 12.2. The molecule has 0 unspecified atom stereocenters. The van der Waals surface area contributed by atoms with E-state index in [1.165, 1.54) is 35.9 Å². The molecule has 2 aromatic rings. The van der Waals surface area contributed by atoms with E-state index in [2.05, 4.69) is 20.8 Å². The van der Waals surface area contributed by atoms with Crippen molar-refractivity contribution >= 4 is 45.7 Å². The van der Waals surface area contributed by atoms with Gasteiger partial charge in [0.15, 0.2) is 4.34 Å². The number of aromatic nitrogens is 2. The maximum atomic E-state index is 12.2. The van der Waals surface area contributed by atoms with Gasteiger partial charge in [-0.2, -0.15) is 0 Å². The lowest BCUT2D eigenvalue weighted by Gasteiger charge is -2.10. The van der Waals surface area contributed by atoms with Crippen LogP contribution in [0.15, 0.2) is 28.6 Å². The first-order valence-electron chi connectivity index (χ1n) is 7.48. The Kier molecular flexibility index (Phi) is 5.00. The molecule has 1 aromatic heterocycles. The summed E-state index contributed by atoms with van der Waals surface area (Å²) in [7, 11) is 0. The molecule has 3 rings (SSSR count). The Hall–Kier alpha value is -2.13. The molecule has 2 amide bonds. The molecule has 1 heterocycles. The van der Waals surface area contributed by atoms with Gasteiger partial charge in [-0.05, 0) is 44.0 Å². The molecular weight excluding hydrogens is 346 g/mol. The van der Waals surface area contributed by atoms with Crippen LogP contribution in [0.3, 0.4) is 0 Å². The Morgan fingerprint density at radius 3 is 2.62 bits per heavy atom. The SMILES string of the molecule is C[C@@H](Sc1nnc(NC2CC2)s1)C(=O)Nc1ccc(C(N)=O)cc1. The van der Waals surface area contributed by atoms with E-state index in [1.807, 2.05) is 6.92 Å². The Balaban J connectivity index is 1.53. The van der Waals surface area contributed by atoms with Gasteiger partial charge < -0.3 is 16.4 Å². The molecule has 1 atom stereocenters. The third-order valence-electron chi connectivity index (χ3n) is 3.40. The number of nitrogens with two attached hydrogens (primary N) is 1. The number of nitrogens with zero attached hydrogens (tertiary/aromatic N) is 2. The van der Waals surface area contributed by atoms with Crippen LogP contribution in [0, 0.1) is 0 Å². The van der Waals surface area contributed by atoms with Crippen molar-refractivity contribution in [2.24, 2.45) is 5.73 Å². The van der Waals surface area contributed by atoms with Gasteiger partial charge >= 0.3 is 0 Å². The van der Waals surface area contributed by atoms with Gasteiger partial charge in [0.25, 0.3) is 0 Å². The highest BCUT2D eigenvalue weighted by atomic mass is 32.2. The monoisotopic (exact) mass is 363 g/mol. The average Bonchev–Trinajstić information content (AvgIpc) is 3.26. The number of anilines is 2. The number of nitrogens with one attached hydrogen (secondary N) is 2. The lowest BCUT2D eigenvalue weighted by atomic mass is 10.2. The van der Waals surface area contributed by atoms with Crippen LogP contribution < -0.4 is 16.4 Å². The highest BCUT2D eigenvalue weighted by Crippen LogP contribution is 2.32. The van der Waals surface area contributed by atoms with Gasteiger partial charge in [-0.1, -0.05) is 23.1 Å². The van der Waals surface area contributed by atoms with Crippen molar-refractivity contribution in [1.82, 2.24) is 10.2 Å². The second-order valence-electron chi connectivity index (χ2n) is 5.48. The van der Waals surface area contributed by atoms with Crippen molar-refractivity contribution in [1.29, 1.82) is 0 Å². The summed E-state index contributed by atoms with van der Waals surface area (Å²) in [5.41, 5.74) is 6.21. The molecule has 1 aliphatic carbocycles. The van der Waals surface area contributed by atoms with Crippen LogP contribution >= 0.6 is 23.1 Å². The quantitative estimate of drug-likeness (QED) is 0.651. The van der Waals surface area contributed by atoms with Gasteiger partial charge in [0.1, 0.15) is 0 Å². The number of hydrogen-bond donors (Lipinski definition) is 3. The van der Waals surface area contributed by atoms with Crippen LogP contribution in [0.5, 0.6) is 0 Å². The van der Waals surface area contributed by atoms with Crippen molar-refractivity contribution in [2.75, 3.05) is 10.6 Å². The molecule has 9 heteroatoms. The van der Waals surface area contributed by atoms with Gasteiger partial charge in [-0.3, -0.25) is 9.59 Å². The molecule has 24 heavy (non-hydrogen) atoms. The van der Waals surface area contributed by atoms with Gasteiger partial charge in [0, 0.05) is 17.3 Å². The van der Waals surface area contributed by atoms with E-state index < -0.39 is 5.91 Å². The van der Waals surface area contributed by atoms with Crippen molar-refractivity contribution in [3.8, 4) is 0 Å². The first-order valence-corrected chi connectivity index (χ1v) is 9.18. The second kappa shape index (κ2) is 7.18. The number of benzene rings is 1. The van der Waals surface area contributed by atoms with Crippen LogP contribution in [0.4, 0.5) is 10.8 Å². The fourth-order valence-corrected chi connectivity index (χ4v) is 3.86. The number of thioether (sulfide) groups is 1. The molecule has 1 saturated carbocycles. The normalized spacial score (nSPS) is 14.9. The molecule has 0 spiro atoms. The zero-order valence-electron chi connectivity index (χ0n) is 13.0. The van der Waals surface area contributed by atoms with E-state index in [9.17, 15) is 9.59 Å². The summed E-state index contributed by atoms with van der Waals surface area (Å²) < 4.78 is 0.755. The van der Waals surface area contributed by atoms with Crippen molar-refractivity contribution in [2.45, 2.75) is 35.4 Å². The average molecular weight is 363 g/mol. The molecule has 0 radical (unpaired) electrons. The van der Waals surface area contributed by atoms with Gasteiger partial charge in [-0.15, -0.1) is 10.2 Å². The molecule has 7 nitrogen and oxygen atoms in total. The smallest absolute Gasteiger partial charge is 0.248 e. The Morgan fingerprint density at radius 2 is 2.00 bits per heavy atom. The molecule has 0 aliphatic heterocycles. The standard InChI is InChI=1S/C15H17N5O2S2/c1-8(23-15-20-19-14(24-15)18-11-6-7-11)13(22)17-10-4-2-9(3-5-10)12(16)21/h2-5,8,11H,6-7H2,1H3,(H2,16,21)(H,17,22)(H,18,19)/t8-/m1/s1. The van der Waals surface area contributed by atoms with E-state index in [4.69, 9.17) is 5.73 Å². The van der Waals surface area contributed by atoms with E-state index in [1.54, 1.807) is 24.3 Å². The molecule has 126 valence electrons. The summed E-state index contributed by atoms with van der Waals surface area (Å²) >= 11 is 2.82. The fraction of sp³-hybridized carbons (Fsp3) is 0.333. The Bertz CT molecular complexity index is 743. The number of primary amides is 1. The minimum absolute atomic E-state index is 0.140. The molecule has 4 N–H and O–H groups in total. The minimum Gasteiger partial charge on any atom is -0.366 e. The molecular formula is C15H17N5O2S2. The first-order chi connectivity index (χ1) is 11.5. The van der Waals surface area contributed by atoms with E-state index in [0.717, 1.165) is 9.47 Å². The molecule has 1 aromatic carbocycles. The van der Waals surface area contributed by atoms with E-state index in [-0.39, 0.29) is 11.2 Å². The summed E-state index contributed by atoms with van der Waals surface area (Å²) in [5, 5.41) is 14.8. The highest BCUT2D eigenvalue weighted by Gasteiger charge is 2.23. The summed E-state index contributed by atoms with van der Waals surface area (Å²) in [6.07, 6.45) is 2.35. The third-order valence-corrected chi connectivity index (χ3v) is 5.43. The van der Waals surface area contributed by atoms with Crippen LogP contribution in [0.2, 0.25) is 0 Å². The first kappa shape index (κ1) is 16.7. The number of carbonyl (C=O) groups is 2. The van der Waals surface area contributed by atoms with Gasteiger partial charge in [0.2, 0.25) is 16.9 Å². The minimum atomic E-state index is -0.497. The molecule has 0 saturated heterocycles. The maximum Gasteiger partial charge on any atom is 0.248 e. The highest BCUT2D eigenvalue weighted by molar-refractivity contribution is 8.02. The molecule has 1 aliphatic rings. The van der Waals surface area contributed by atoms with E-state index >= 15 is 0 Å². The predicted octanol–water partition coefficient (Wildman–Crippen LogP) is 2.33. The number of amides is 2. The molecule has 1 fully saturated rings. The third kappa shape index (κ3) is 4.45. The summed E-state index contributed by atoms with van der Waals surface area (Å²) in [6.45, 7) is 1.81. The number of rotatable bonds is 7. The van der Waals surface area contributed by atoms with Gasteiger partial charge in [-0.25, -0.2) is 0 Å². The molecule has 0 bridgehead atoms. The zero-order valence-corrected chi connectivity index (χ0v) is 14.6. The number of hydrogen-bond acceptors (Lipinski definition) is 7. The van der Waals surface area contributed by atoms with Crippen LogP contribution in [-0.4, -0.2) is 33.3 Å². The zero-order chi connectivity index (χ0) is 17.1. The number of carbonyl (C=O) groups excluding carboxylic acids is 2. The topological polar surface area (TPSA) is 110 Å². The summed E-state index contributed by atoms with van der Waals surface area (Å²) in [6, 6.07) is 6.99. The van der Waals surface area contributed by atoms with Crippen LogP contribution in [0.25, 0.3) is 0 Å². The van der Waals surface area contributed by atoms with Crippen LogP contribution in [-0.2, 0) is 4.79 Å². The van der Waals surface area contributed by atoms with Crippen molar-refractivity contribution < 1.29 is 9.59 Å². The fourth-order valence-electron chi connectivity index (χ4n) is 1.88. The van der Waals surface area contributed by atoms with E-state index in [0.29, 0.717) is 17.3 Å². The lowest BCUT2D eigenvalue weighted by Crippen LogP contribution is -2.22. The second-order valence-corrected chi connectivity index (χ2v) is 8.05.